The van der Waals surface area contributed by atoms with Crippen LogP contribution in [0.3, 0.4) is 0 Å². The number of carbonyl (C=O) groups is 1. The molecule has 1 unspecified atom stereocenters. The average Bonchev–Trinajstić information content (AvgIpc) is 2.84. The van der Waals surface area contributed by atoms with Crippen LogP contribution in [0.1, 0.15) is 11.7 Å². The highest BCUT2D eigenvalue weighted by atomic mass is 16.6. The number of rotatable bonds is 1. The molecule has 15 heavy (non-hydrogen) atoms. The van der Waals surface area contributed by atoms with E-state index in [0.29, 0.717) is 6.54 Å². The van der Waals surface area contributed by atoms with Crippen molar-refractivity contribution in [1.29, 1.82) is 0 Å². The summed E-state index contributed by atoms with van der Waals surface area (Å²) in [7, 11) is 0. The van der Waals surface area contributed by atoms with Crippen LogP contribution in [0.4, 0.5) is 4.79 Å². The molecule has 1 aliphatic heterocycles. The molecular formula is C11H10N2O2. The van der Waals surface area contributed by atoms with Crippen molar-refractivity contribution in [1.82, 2.24) is 10.3 Å². The third-order valence-corrected chi connectivity index (χ3v) is 2.66. The Morgan fingerprint density at radius 1 is 1.33 bits per heavy atom. The smallest absolute Gasteiger partial charge is 0.407 e. The maximum atomic E-state index is 11.0. The molecule has 0 saturated carbocycles. The Morgan fingerprint density at radius 2 is 2.27 bits per heavy atom. The molecule has 2 heterocycles. The van der Waals surface area contributed by atoms with Crippen LogP contribution in [0.25, 0.3) is 10.9 Å². The van der Waals surface area contributed by atoms with Crippen molar-refractivity contribution < 1.29 is 9.53 Å². The Kier molecular flexibility index (Phi) is 1.68. The van der Waals surface area contributed by atoms with Gasteiger partial charge < -0.3 is 15.0 Å². The third-order valence-electron chi connectivity index (χ3n) is 2.66. The number of nitrogens with one attached hydrogen (secondary N) is 2. The van der Waals surface area contributed by atoms with Crippen molar-refractivity contribution in [3.05, 3.63) is 36.0 Å². The van der Waals surface area contributed by atoms with Crippen LogP contribution in [-0.4, -0.2) is 17.6 Å². The summed E-state index contributed by atoms with van der Waals surface area (Å²) in [5, 5.41) is 3.76. The molecule has 3 rings (SSSR count). The second-order valence-corrected chi connectivity index (χ2v) is 3.56. The third kappa shape index (κ3) is 1.26. The Balaban J connectivity index is 2.10. The van der Waals surface area contributed by atoms with Gasteiger partial charge in [-0.05, 0) is 12.1 Å². The van der Waals surface area contributed by atoms with Crippen LogP contribution in [0.2, 0.25) is 0 Å². The van der Waals surface area contributed by atoms with E-state index < -0.39 is 0 Å². The van der Waals surface area contributed by atoms with Gasteiger partial charge >= 0.3 is 6.09 Å². The lowest BCUT2D eigenvalue weighted by Crippen LogP contribution is -2.12. The first kappa shape index (κ1) is 8.35. The van der Waals surface area contributed by atoms with Crippen LogP contribution in [-0.2, 0) is 4.74 Å². The topological polar surface area (TPSA) is 54.1 Å². The summed E-state index contributed by atoms with van der Waals surface area (Å²) in [6.45, 7) is 0.545. The van der Waals surface area contributed by atoms with Crippen molar-refractivity contribution in [3.63, 3.8) is 0 Å². The number of amides is 1. The van der Waals surface area contributed by atoms with Gasteiger partial charge in [-0.25, -0.2) is 4.79 Å². The number of carbonyl (C=O) groups excluding carboxylic acids is 1. The molecule has 4 nitrogen and oxygen atoms in total. The minimum atomic E-state index is -0.340. The first-order valence-corrected chi connectivity index (χ1v) is 4.85. The molecule has 1 amide bonds. The van der Waals surface area contributed by atoms with Gasteiger partial charge in [-0.3, -0.25) is 0 Å². The van der Waals surface area contributed by atoms with Crippen LogP contribution < -0.4 is 5.32 Å². The predicted molar refractivity (Wildman–Crippen MR) is 55.5 cm³/mol. The number of hydrogen-bond donors (Lipinski definition) is 2. The number of aromatic amines is 1. The van der Waals surface area contributed by atoms with Crippen LogP contribution in [0.5, 0.6) is 0 Å². The second kappa shape index (κ2) is 3.02. The van der Waals surface area contributed by atoms with E-state index in [9.17, 15) is 4.79 Å². The molecule has 1 aliphatic rings. The molecule has 1 fully saturated rings. The lowest BCUT2D eigenvalue weighted by molar-refractivity contribution is 0.142. The number of ether oxygens (including phenoxy) is 1. The van der Waals surface area contributed by atoms with Gasteiger partial charge in [-0.15, -0.1) is 0 Å². The molecule has 2 N–H and O–H groups in total. The fourth-order valence-electron chi connectivity index (χ4n) is 1.95. The highest BCUT2D eigenvalue weighted by molar-refractivity contribution is 5.84. The lowest BCUT2D eigenvalue weighted by atomic mass is 10.1. The fourth-order valence-corrected chi connectivity index (χ4v) is 1.95. The summed E-state index contributed by atoms with van der Waals surface area (Å²) in [5.74, 6) is 0. The normalized spacial score (nSPS) is 20.3. The van der Waals surface area contributed by atoms with Crippen molar-refractivity contribution >= 4 is 17.0 Å². The molecule has 0 aliphatic carbocycles. The highest BCUT2D eigenvalue weighted by Gasteiger charge is 2.25. The number of cyclic esters (lactones) is 1. The number of aromatic nitrogens is 1. The van der Waals surface area contributed by atoms with Crippen molar-refractivity contribution in [3.8, 4) is 0 Å². The summed E-state index contributed by atoms with van der Waals surface area (Å²) in [6, 6.07) is 7.95. The SMILES string of the molecule is O=C1NCC(c2cccc3[nH]ccc23)O1. The maximum absolute atomic E-state index is 11.0. The predicted octanol–water partition coefficient (Wildman–Crippen LogP) is 1.95. The monoisotopic (exact) mass is 202 g/mol. The van der Waals surface area contributed by atoms with Crippen LogP contribution in [0, 0.1) is 0 Å². The number of fused-ring (bicyclic) bond motifs is 1. The number of benzene rings is 1. The zero-order valence-corrected chi connectivity index (χ0v) is 7.99. The summed E-state index contributed by atoms with van der Waals surface area (Å²) < 4.78 is 5.16. The summed E-state index contributed by atoms with van der Waals surface area (Å²) in [4.78, 5) is 14.1. The molecule has 2 aromatic rings. The Hall–Kier alpha value is -1.97. The van der Waals surface area contributed by atoms with Gasteiger partial charge in [0.25, 0.3) is 0 Å². The average molecular weight is 202 g/mol. The minimum Gasteiger partial charge on any atom is -0.439 e. The van der Waals surface area contributed by atoms with Crippen LogP contribution >= 0.6 is 0 Å². The zero-order chi connectivity index (χ0) is 10.3. The van der Waals surface area contributed by atoms with Gasteiger partial charge in [-0.2, -0.15) is 0 Å². The Labute approximate surface area is 86.2 Å². The number of hydrogen-bond acceptors (Lipinski definition) is 2. The van der Waals surface area contributed by atoms with E-state index in [1.165, 1.54) is 0 Å². The van der Waals surface area contributed by atoms with Crippen molar-refractivity contribution in [2.75, 3.05) is 6.54 Å². The molecule has 1 aromatic heterocycles. The molecule has 1 atom stereocenters. The lowest BCUT2D eigenvalue weighted by Gasteiger charge is -2.08. The molecule has 1 aromatic carbocycles. The standard InChI is InChI=1S/C11H10N2O2/c14-11-13-6-10(15-11)8-2-1-3-9-7(8)4-5-12-9/h1-5,10,12H,6H2,(H,13,14). The van der Waals surface area contributed by atoms with E-state index in [4.69, 9.17) is 4.74 Å². The van der Waals surface area contributed by atoms with Crippen molar-refractivity contribution in [2.45, 2.75) is 6.10 Å². The molecule has 76 valence electrons. The molecule has 1 saturated heterocycles. The van der Waals surface area contributed by atoms with E-state index in [1.54, 1.807) is 0 Å². The first-order valence-electron chi connectivity index (χ1n) is 4.85. The molecular weight excluding hydrogens is 192 g/mol. The number of H-pyrrole nitrogens is 1. The summed E-state index contributed by atoms with van der Waals surface area (Å²) in [6.07, 6.45) is 1.38. The van der Waals surface area contributed by atoms with Gasteiger partial charge in [0.1, 0.15) is 6.10 Å². The Bertz CT molecular complexity index is 518. The Morgan fingerprint density at radius 3 is 3.07 bits per heavy atom. The summed E-state index contributed by atoms with van der Waals surface area (Å²) >= 11 is 0. The maximum Gasteiger partial charge on any atom is 0.407 e. The molecule has 0 bridgehead atoms. The fraction of sp³-hybridized carbons (Fsp3) is 0.182. The van der Waals surface area contributed by atoms with E-state index in [-0.39, 0.29) is 12.2 Å². The first-order chi connectivity index (χ1) is 7.34. The van der Waals surface area contributed by atoms with Gasteiger partial charge in [0, 0.05) is 22.7 Å². The van der Waals surface area contributed by atoms with Crippen molar-refractivity contribution in [2.24, 2.45) is 0 Å². The summed E-state index contributed by atoms with van der Waals surface area (Å²) in [5.41, 5.74) is 2.11. The molecule has 0 spiro atoms. The van der Waals surface area contributed by atoms with E-state index >= 15 is 0 Å². The number of alkyl carbamates (subject to hydrolysis) is 1. The van der Waals surface area contributed by atoms with Crippen LogP contribution in [0.15, 0.2) is 30.5 Å². The van der Waals surface area contributed by atoms with Gasteiger partial charge in [0.05, 0.1) is 6.54 Å². The van der Waals surface area contributed by atoms with E-state index in [0.717, 1.165) is 16.5 Å². The van der Waals surface area contributed by atoms with Gasteiger partial charge in [0.15, 0.2) is 0 Å². The molecule has 0 radical (unpaired) electrons. The van der Waals surface area contributed by atoms with E-state index in [2.05, 4.69) is 10.3 Å². The highest BCUT2D eigenvalue weighted by Crippen LogP contribution is 2.27. The van der Waals surface area contributed by atoms with E-state index in [1.807, 2.05) is 30.5 Å². The quantitative estimate of drug-likeness (QED) is 0.742. The van der Waals surface area contributed by atoms with Gasteiger partial charge in [-0.1, -0.05) is 12.1 Å². The van der Waals surface area contributed by atoms with Gasteiger partial charge in [0.2, 0.25) is 0 Å². The zero-order valence-electron chi connectivity index (χ0n) is 7.99. The largest absolute Gasteiger partial charge is 0.439 e. The molecule has 4 heteroatoms. The minimum absolute atomic E-state index is 0.169. The second-order valence-electron chi connectivity index (χ2n) is 3.56.